The summed E-state index contributed by atoms with van der Waals surface area (Å²) in [6, 6.07) is 14.0. The van der Waals surface area contributed by atoms with Gasteiger partial charge >= 0.3 is 0 Å². The van der Waals surface area contributed by atoms with Crippen LogP contribution in [0.25, 0.3) is 0 Å². The van der Waals surface area contributed by atoms with E-state index in [2.05, 4.69) is 4.99 Å². The Morgan fingerprint density at radius 3 is 2.25 bits per heavy atom. The monoisotopic (exact) mass is 320 g/mol. The Kier molecular flexibility index (Phi) is 3.06. The van der Waals surface area contributed by atoms with Crippen molar-refractivity contribution in [2.45, 2.75) is 19.4 Å². The summed E-state index contributed by atoms with van der Waals surface area (Å²) < 4.78 is 5.65. The summed E-state index contributed by atoms with van der Waals surface area (Å²) in [5.41, 5.74) is 1.89. The fourth-order valence-corrected chi connectivity index (χ4v) is 2.93. The molecule has 0 N–H and O–H groups in total. The first-order valence-corrected chi connectivity index (χ1v) is 7.77. The van der Waals surface area contributed by atoms with E-state index in [1.165, 1.54) is 4.90 Å². The van der Waals surface area contributed by atoms with Gasteiger partial charge in [0.2, 0.25) is 5.90 Å². The Morgan fingerprint density at radius 1 is 1.00 bits per heavy atom. The van der Waals surface area contributed by atoms with E-state index in [0.29, 0.717) is 29.3 Å². The Labute approximate surface area is 139 Å². The fourth-order valence-electron chi connectivity index (χ4n) is 2.93. The van der Waals surface area contributed by atoms with Gasteiger partial charge in [0.15, 0.2) is 0 Å². The Morgan fingerprint density at radius 2 is 1.67 bits per heavy atom. The third-order valence-corrected chi connectivity index (χ3v) is 4.11. The van der Waals surface area contributed by atoms with Crippen LogP contribution in [0.3, 0.4) is 0 Å². The average Bonchev–Trinajstić information content (AvgIpc) is 3.06. The summed E-state index contributed by atoms with van der Waals surface area (Å²) in [4.78, 5) is 30.9. The van der Waals surface area contributed by atoms with Crippen LogP contribution in [0.15, 0.2) is 53.5 Å². The summed E-state index contributed by atoms with van der Waals surface area (Å²) in [5.74, 6) is -0.0665. The lowest BCUT2D eigenvalue weighted by Gasteiger charge is -2.15. The van der Waals surface area contributed by atoms with E-state index in [1.807, 2.05) is 19.9 Å². The third-order valence-electron chi connectivity index (χ3n) is 4.11. The highest BCUT2D eigenvalue weighted by atomic mass is 16.5. The lowest BCUT2D eigenvalue weighted by Crippen LogP contribution is -2.29. The standard InChI is InChI=1S/C19H16N2O3/c1-19(2)11-24-16(20-19)12-6-5-7-13(10-12)21-17(22)14-8-3-4-9-15(14)18(21)23/h3-10H,11H2,1-2H3. The molecular formula is C19H16N2O3. The quantitative estimate of drug-likeness (QED) is 0.799. The maximum Gasteiger partial charge on any atom is 0.266 e. The minimum atomic E-state index is -0.303. The molecule has 0 saturated heterocycles. The summed E-state index contributed by atoms with van der Waals surface area (Å²) in [6.45, 7) is 4.50. The molecule has 5 heteroatoms. The van der Waals surface area contributed by atoms with Gasteiger partial charge < -0.3 is 4.74 Å². The summed E-state index contributed by atoms with van der Waals surface area (Å²) in [5, 5.41) is 0. The molecule has 0 fully saturated rings. The van der Waals surface area contributed by atoms with Gasteiger partial charge in [0.25, 0.3) is 11.8 Å². The highest BCUT2D eigenvalue weighted by Crippen LogP contribution is 2.30. The van der Waals surface area contributed by atoms with Gasteiger partial charge in [0, 0.05) is 5.56 Å². The van der Waals surface area contributed by atoms with Crippen molar-refractivity contribution in [3.8, 4) is 0 Å². The molecule has 0 aromatic heterocycles. The molecule has 24 heavy (non-hydrogen) atoms. The topological polar surface area (TPSA) is 59.0 Å². The molecule has 0 spiro atoms. The van der Waals surface area contributed by atoms with Crippen molar-refractivity contribution in [3.63, 3.8) is 0 Å². The number of aliphatic imine (C=N–C) groups is 1. The first-order chi connectivity index (χ1) is 11.5. The molecule has 120 valence electrons. The number of carbonyl (C=O) groups is 2. The van der Waals surface area contributed by atoms with Crippen LogP contribution < -0.4 is 4.90 Å². The lowest BCUT2D eigenvalue weighted by molar-refractivity contribution is 0.0926. The van der Waals surface area contributed by atoms with E-state index in [1.54, 1.807) is 42.5 Å². The number of amides is 2. The number of anilines is 1. The van der Waals surface area contributed by atoms with E-state index >= 15 is 0 Å². The second-order valence-corrected chi connectivity index (χ2v) is 6.56. The van der Waals surface area contributed by atoms with Crippen LogP contribution in [0, 0.1) is 0 Å². The van der Waals surface area contributed by atoms with E-state index in [-0.39, 0.29) is 17.4 Å². The maximum absolute atomic E-state index is 12.6. The van der Waals surface area contributed by atoms with E-state index in [9.17, 15) is 9.59 Å². The molecule has 2 amide bonds. The summed E-state index contributed by atoms with van der Waals surface area (Å²) in [7, 11) is 0. The molecule has 2 aromatic rings. The van der Waals surface area contributed by atoms with E-state index < -0.39 is 0 Å². The van der Waals surface area contributed by atoms with Gasteiger partial charge in [-0.05, 0) is 44.2 Å². The van der Waals surface area contributed by atoms with Gasteiger partial charge in [0.05, 0.1) is 22.4 Å². The molecule has 0 saturated carbocycles. The van der Waals surface area contributed by atoms with Gasteiger partial charge in [-0.1, -0.05) is 18.2 Å². The Bertz CT molecular complexity index is 864. The molecule has 2 aliphatic rings. The third kappa shape index (κ3) is 2.21. The van der Waals surface area contributed by atoms with Gasteiger partial charge in [-0.15, -0.1) is 0 Å². The summed E-state index contributed by atoms with van der Waals surface area (Å²) in [6.07, 6.45) is 0. The van der Waals surface area contributed by atoms with Crippen molar-refractivity contribution >= 4 is 23.4 Å². The smallest absolute Gasteiger partial charge is 0.266 e. The Hall–Kier alpha value is -2.95. The summed E-state index contributed by atoms with van der Waals surface area (Å²) >= 11 is 0. The van der Waals surface area contributed by atoms with Crippen LogP contribution in [-0.2, 0) is 4.74 Å². The van der Waals surface area contributed by atoms with Crippen LogP contribution >= 0.6 is 0 Å². The zero-order valence-electron chi connectivity index (χ0n) is 13.4. The SMILES string of the molecule is CC1(C)COC(c2cccc(N3C(=O)c4ccccc4C3=O)c2)=N1. The number of carbonyl (C=O) groups excluding carboxylic acids is 2. The molecule has 0 unspecified atom stereocenters. The van der Waals surface area contributed by atoms with Crippen molar-refractivity contribution < 1.29 is 14.3 Å². The Balaban J connectivity index is 1.73. The highest BCUT2D eigenvalue weighted by Gasteiger charge is 2.36. The number of imide groups is 1. The second kappa shape index (κ2) is 5.03. The van der Waals surface area contributed by atoms with Crippen molar-refractivity contribution in [3.05, 3.63) is 65.2 Å². The molecule has 2 heterocycles. The van der Waals surface area contributed by atoms with Crippen LogP contribution in [0.4, 0.5) is 5.69 Å². The van der Waals surface area contributed by atoms with Crippen molar-refractivity contribution in [2.24, 2.45) is 4.99 Å². The zero-order valence-corrected chi connectivity index (χ0v) is 13.4. The van der Waals surface area contributed by atoms with Crippen molar-refractivity contribution in [2.75, 3.05) is 11.5 Å². The van der Waals surface area contributed by atoms with E-state index in [4.69, 9.17) is 4.74 Å². The number of benzene rings is 2. The molecule has 0 atom stereocenters. The minimum Gasteiger partial charge on any atom is -0.475 e. The molecule has 0 radical (unpaired) electrons. The van der Waals surface area contributed by atoms with Gasteiger partial charge in [-0.2, -0.15) is 0 Å². The van der Waals surface area contributed by atoms with Crippen LogP contribution in [0.5, 0.6) is 0 Å². The molecule has 4 rings (SSSR count). The van der Waals surface area contributed by atoms with E-state index in [0.717, 1.165) is 5.56 Å². The molecule has 2 aliphatic heterocycles. The first kappa shape index (κ1) is 14.6. The number of hydrogen-bond donors (Lipinski definition) is 0. The normalized spacial score (nSPS) is 18.4. The van der Waals surface area contributed by atoms with Crippen LogP contribution in [0.1, 0.15) is 40.1 Å². The van der Waals surface area contributed by atoms with Crippen molar-refractivity contribution in [1.29, 1.82) is 0 Å². The predicted molar refractivity (Wildman–Crippen MR) is 90.6 cm³/mol. The van der Waals surface area contributed by atoms with Gasteiger partial charge in [-0.3, -0.25) is 9.59 Å². The maximum atomic E-state index is 12.6. The minimum absolute atomic E-state index is 0.263. The molecule has 2 aromatic carbocycles. The van der Waals surface area contributed by atoms with Crippen molar-refractivity contribution in [1.82, 2.24) is 0 Å². The van der Waals surface area contributed by atoms with Crippen LogP contribution in [0.2, 0.25) is 0 Å². The zero-order chi connectivity index (χ0) is 16.9. The predicted octanol–water partition coefficient (Wildman–Crippen LogP) is 3.04. The number of nitrogens with zero attached hydrogens (tertiary/aromatic N) is 2. The van der Waals surface area contributed by atoms with Crippen LogP contribution in [-0.4, -0.2) is 29.9 Å². The molecule has 0 aliphatic carbocycles. The fraction of sp³-hybridized carbons (Fsp3) is 0.211. The van der Waals surface area contributed by atoms with Gasteiger partial charge in [-0.25, -0.2) is 9.89 Å². The molecule has 0 bridgehead atoms. The van der Waals surface area contributed by atoms with Gasteiger partial charge in [0.1, 0.15) is 6.61 Å². The number of ether oxygens (including phenoxy) is 1. The lowest BCUT2D eigenvalue weighted by atomic mass is 10.1. The number of hydrogen-bond acceptors (Lipinski definition) is 4. The number of rotatable bonds is 2. The second-order valence-electron chi connectivity index (χ2n) is 6.56. The number of fused-ring (bicyclic) bond motifs is 1. The average molecular weight is 320 g/mol. The molecule has 5 nitrogen and oxygen atoms in total. The molecular weight excluding hydrogens is 304 g/mol. The first-order valence-electron chi connectivity index (χ1n) is 7.77. The highest BCUT2D eigenvalue weighted by molar-refractivity contribution is 6.34. The largest absolute Gasteiger partial charge is 0.475 e.